The predicted octanol–water partition coefficient (Wildman–Crippen LogP) is 1.98. The first-order chi connectivity index (χ1) is 8.92. The summed E-state index contributed by atoms with van der Waals surface area (Å²) in [6.07, 6.45) is 0.724. The van der Waals surface area contributed by atoms with Crippen molar-refractivity contribution in [1.82, 2.24) is 5.32 Å². The lowest BCUT2D eigenvalue weighted by Crippen LogP contribution is -2.35. The number of nitrogens with one attached hydrogen (secondary N) is 2. The maximum atomic E-state index is 12.2. The van der Waals surface area contributed by atoms with Gasteiger partial charge in [-0.1, -0.05) is 11.6 Å². The molecule has 1 atom stereocenters. The molecule has 1 aromatic carbocycles. The molecule has 0 bridgehead atoms. The summed E-state index contributed by atoms with van der Waals surface area (Å²) in [5.74, 6) is -1.29. The van der Waals surface area contributed by atoms with E-state index in [9.17, 15) is 9.59 Å². The maximum Gasteiger partial charge on any atom is 0.337 e. The fourth-order valence-electron chi connectivity index (χ4n) is 2.09. The summed E-state index contributed by atoms with van der Waals surface area (Å²) >= 11 is 5.84. The van der Waals surface area contributed by atoms with E-state index in [0.717, 1.165) is 13.0 Å². The van der Waals surface area contributed by atoms with Crippen LogP contribution in [0.1, 0.15) is 23.7 Å². The molecule has 1 aliphatic rings. The van der Waals surface area contributed by atoms with E-state index < -0.39 is 11.4 Å². The van der Waals surface area contributed by atoms with Crippen LogP contribution in [-0.2, 0) is 4.79 Å². The highest BCUT2D eigenvalue weighted by molar-refractivity contribution is 6.31. The smallest absolute Gasteiger partial charge is 0.337 e. The van der Waals surface area contributed by atoms with Gasteiger partial charge in [0, 0.05) is 11.6 Å². The van der Waals surface area contributed by atoms with Gasteiger partial charge in [-0.25, -0.2) is 4.79 Å². The van der Waals surface area contributed by atoms with Gasteiger partial charge in [0.15, 0.2) is 0 Å². The number of carbonyl (C=O) groups is 2. The maximum absolute atomic E-state index is 12.2. The molecule has 0 saturated carbocycles. The molecule has 0 spiro atoms. The SMILES string of the molecule is CC1(C(=O)Nc2cc(Cl)ccc2C(=O)O)CCNC1. The lowest BCUT2D eigenvalue weighted by molar-refractivity contribution is -0.123. The van der Waals surface area contributed by atoms with E-state index >= 15 is 0 Å². The summed E-state index contributed by atoms with van der Waals surface area (Å²) in [7, 11) is 0. The van der Waals surface area contributed by atoms with E-state index in [1.807, 2.05) is 6.92 Å². The van der Waals surface area contributed by atoms with Gasteiger partial charge in [-0.15, -0.1) is 0 Å². The van der Waals surface area contributed by atoms with Crippen LogP contribution >= 0.6 is 11.6 Å². The molecule has 1 aromatic rings. The molecule has 1 aliphatic heterocycles. The molecule has 5 nitrogen and oxygen atoms in total. The van der Waals surface area contributed by atoms with Crippen LogP contribution in [-0.4, -0.2) is 30.1 Å². The number of hydrogen-bond acceptors (Lipinski definition) is 3. The lowest BCUT2D eigenvalue weighted by Gasteiger charge is -2.22. The van der Waals surface area contributed by atoms with E-state index in [0.29, 0.717) is 11.6 Å². The number of aromatic carboxylic acids is 1. The minimum Gasteiger partial charge on any atom is -0.478 e. The van der Waals surface area contributed by atoms with Gasteiger partial charge in [-0.3, -0.25) is 4.79 Å². The Labute approximate surface area is 116 Å². The van der Waals surface area contributed by atoms with Gasteiger partial charge in [0.25, 0.3) is 0 Å². The molecule has 1 fully saturated rings. The molecule has 1 heterocycles. The highest BCUT2D eigenvalue weighted by atomic mass is 35.5. The molecule has 2 rings (SSSR count). The van der Waals surface area contributed by atoms with Gasteiger partial charge in [0.05, 0.1) is 16.7 Å². The Balaban J connectivity index is 2.25. The minimum absolute atomic E-state index is 0.0345. The van der Waals surface area contributed by atoms with Crippen LogP contribution in [0, 0.1) is 5.41 Å². The number of amides is 1. The zero-order valence-corrected chi connectivity index (χ0v) is 11.3. The van der Waals surface area contributed by atoms with Crippen molar-refractivity contribution in [2.45, 2.75) is 13.3 Å². The monoisotopic (exact) mass is 282 g/mol. The van der Waals surface area contributed by atoms with Crippen molar-refractivity contribution in [3.05, 3.63) is 28.8 Å². The second kappa shape index (κ2) is 5.19. The Morgan fingerprint density at radius 1 is 1.47 bits per heavy atom. The number of benzene rings is 1. The van der Waals surface area contributed by atoms with Crippen molar-refractivity contribution in [3.63, 3.8) is 0 Å². The normalized spacial score (nSPS) is 22.2. The third-order valence-corrected chi connectivity index (χ3v) is 3.61. The molecule has 1 amide bonds. The molecular formula is C13H15ClN2O3. The van der Waals surface area contributed by atoms with E-state index in [1.165, 1.54) is 18.2 Å². The fourth-order valence-corrected chi connectivity index (χ4v) is 2.26. The molecule has 0 aromatic heterocycles. The standard InChI is InChI=1S/C13H15ClN2O3/c1-13(4-5-15-7-13)12(19)16-10-6-8(14)2-3-9(10)11(17)18/h2-3,6,15H,4-5,7H2,1H3,(H,16,19)(H,17,18). The average Bonchev–Trinajstić information content (AvgIpc) is 2.77. The summed E-state index contributed by atoms with van der Waals surface area (Å²) < 4.78 is 0. The van der Waals surface area contributed by atoms with Gasteiger partial charge in [0.1, 0.15) is 0 Å². The number of anilines is 1. The minimum atomic E-state index is -1.10. The van der Waals surface area contributed by atoms with Crippen LogP contribution in [0.4, 0.5) is 5.69 Å². The number of carbonyl (C=O) groups excluding carboxylic acids is 1. The Kier molecular flexibility index (Phi) is 3.78. The second-order valence-corrected chi connectivity index (χ2v) is 5.37. The molecule has 3 N–H and O–H groups in total. The Hall–Kier alpha value is -1.59. The van der Waals surface area contributed by atoms with Crippen LogP contribution in [0.2, 0.25) is 5.02 Å². The summed E-state index contributed by atoms with van der Waals surface area (Å²) in [5, 5.41) is 15.3. The molecule has 0 aliphatic carbocycles. The highest BCUT2D eigenvalue weighted by Gasteiger charge is 2.36. The van der Waals surface area contributed by atoms with Crippen molar-refractivity contribution in [2.24, 2.45) is 5.41 Å². The molecular weight excluding hydrogens is 268 g/mol. The highest BCUT2D eigenvalue weighted by Crippen LogP contribution is 2.28. The zero-order chi connectivity index (χ0) is 14.0. The summed E-state index contributed by atoms with van der Waals surface area (Å²) in [6, 6.07) is 4.32. The third-order valence-electron chi connectivity index (χ3n) is 3.38. The van der Waals surface area contributed by atoms with Crippen molar-refractivity contribution in [3.8, 4) is 0 Å². The Morgan fingerprint density at radius 3 is 2.79 bits per heavy atom. The van der Waals surface area contributed by atoms with E-state index in [4.69, 9.17) is 16.7 Å². The van der Waals surface area contributed by atoms with Gasteiger partial charge >= 0.3 is 5.97 Å². The van der Waals surface area contributed by atoms with Crippen molar-refractivity contribution in [1.29, 1.82) is 0 Å². The van der Waals surface area contributed by atoms with Gasteiger partial charge in [-0.05, 0) is 38.1 Å². The number of carboxylic acids is 1. The predicted molar refractivity (Wildman–Crippen MR) is 72.6 cm³/mol. The summed E-state index contributed by atoms with van der Waals surface area (Å²) in [4.78, 5) is 23.3. The quantitative estimate of drug-likeness (QED) is 0.792. The molecule has 1 unspecified atom stereocenters. The second-order valence-electron chi connectivity index (χ2n) is 4.94. The number of carboxylic acid groups (broad SMARTS) is 1. The van der Waals surface area contributed by atoms with Gasteiger partial charge < -0.3 is 15.7 Å². The topological polar surface area (TPSA) is 78.4 Å². The Morgan fingerprint density at radius 2 is 2.21 bits per heavy atom. The molecule has 102 valence electrons. The van der Waals surface area contributed by atoms with Crippen LogP contribution in [0.3, 0.4) is 0 Å². The van der Waals surface area contributed by atoms with Gasteiger partial charge in [-0.2, -0.15) is 0 Å². The van der Waals surface area contributed by atoms with Gasteiger partial charge in [0.2, 0.25) is 5.91 Å². The average molecular weight is 283 g/mol. The van der Waals surface area contributed by atoms with E-state index in [-0.39, 0.29) is 17.2 Å². The van der Waals surface area contributed by atoms with Crippen LogP contribution in [0.5, 0.6) is 0 Å². The molecule has 0 radical (unpaired) electrons. The third kappa shape index (κ3) is 2.88. The van der Waals surface area contributed by atoms with Crippen molar-refractivity contribution in [2.75, 3.05) is 18.4 Å². The zero-order valence-electron chi connectivity index (χ0n) is 10.5. The Bertz CT molecular complexity index is 525. The summed E-state index contributed by atoms with van der Waals surface area (Å²) in [6.45, 7) is 3.22. The molecule has 19 heavy (non-hydrogen) atoms. The van der Waals surface area contributed by atoms with E-state index in [2.05, 4.69) is 10.6 Å². The first-order valence-corrected chi connectivity index (χ1v) is 6.35. The first-order valence-electron chi connectivity index (χ1n) is 5.97. The largest absolute Gasteiger partial charge is 0.478 e. The molecule has 6 heteroatoms. The van der Waals surface area contributed by atoms with Crippen LogP contribution in [0.15, 0.2) is 18.2 Å². The molecule has 1 saturated heterocycles. The number of rotatable bonds is 3. The van der Waals surface area contributed by atoms with Crippen LogP contribution in [0.25, 0.3) is 0 Å². The number of halogens is 1. The lowest BCUT2D eigenvalue weighted by atomic mass is 9.88. The summed E-state index contributed by atoms with van der Waals surface area (Å²) in [5.41, 5.74) is -0.247. The van der Waals surface area contributed by atoms with E-state index in [1.54, 1.807) is 0 Å². The van der Waals surface area contributed by atoms with Crippen LogP contribution < -0.4 is 10.6 Å². The number of hydrogen-bond donors (Lipinski definition) is 3. The first kappa shape index (κ1) is 13.8. The van der Waals surface area contributed by atoms with Crippen molar-refractivity contribution < 1.29 is 14.7 Å². The van der Waals surface area contributed by atoms with Crippen molar-refractivity contribution >= 4 is 29.2 Å². The fraction of sp³-hybridized carbons (Fsp3) is 0.385.